The van der Waals surface area contributed by atoms with E-state index in [1.165, 1.54) is 6.20 Å². The minimum absolute atomic E-state index is 0.164. The van der Waals surface area contributed by atoms with Gasteiger partial charge in [0, 0.05) is 19.3 Å². The highest BCUT2D eigenvalue weighted by atomic mass is 15.0. The molecule has 0 aliphatic rings. The van der Waals surface area contributed by atoms with Crippen molar-refractivity contribution in [3.63, 3.8) is 0 Å². The standard InChI is InChI=1S/C7H9N5/c8-2-4-11-6-1-3-10-7(5-9)12-6/h1,3H,2,4,8H2,(H,10,11,12). The molecule has 0 atom stereocenters. The van der Waals surface area contributed by atoms with Gasteiger partial charge in [-0.3, -0.25) is 0 Å². The summed E-state index contributed by atoms with van der Waals surface area (Å²) in [4.78, 5) is 7.61. The zero-order valence-corrected chi connectivity index (χ0v) is 6.49. The van der Waals surface area contributed by atoms with Crippen molar-refractivity contribution in [3.05, 3.63) is 18.1 Å². The maximum absolute atomic E-state index is 8.46. The van der Waals surface area contributed by atoms with Crippen LogP contribution in [0, 0.1) is 11.3 Å². The summed E-state index contributed by atoms with van der Waals surface area (Å²) >= 11 is 0. The van der Waals surface area contributed by atoms with E-state index >= 15 is 0 Å². The van der Waals surface area contributed by atoms with Gasteiger partial charge < -0.3 is 11.1 Å². The summed E-state index contributed by atoms with van der Waals surface area (Å²) in [5, 5.41) is 11.4. The van der Waals surface area contributed by atoms with Gasteiger partial charge in [0.1, 0.15) is 11.9 Å². The Hall–Kier alpha value is -1.67. The number of hydrogen-bond donors (Lipinski definition) is 2. The summed E-state index contributed by atoms with van der Waals surface area (Å²) in [5.74, 6) is 0.795. The largest absolute Gasteiger partial charge is 0.369 e. The number of nitrogens with one attached hydrogen (secondary N) is 1. The zero-order valence-electron chi connectivity index (χ0n) is 6.49. The molecule has 3 N–H and O–H groups in total. The Balaban J connectivity index is 2.68. The van der Waals surface area contributed by atoms with Gasteiger partial charge in [0.15, 0.2) is 0 Å². The Morgan fingerprint density at radius 3 is 3.17 bits per heavy atom. The predicted octanol–water partition coefficient (Wildman–Crippen LogP) is -0.281. The van der Waals surface area contributed by atoms with Gasteiger partial charge in [-0.05, 0) is 6.07 Å². The van der Waals surface area contributed by atoms with Gasteiger partial charge in [0.25, 0.3) is 0 Å². The zero-order chi connectivity index (χ0) is 8.81. The molecule has 0 saturated heterocycles. The summed E-state index contributed by atoms with van der Waals surface area (Å²) in [6.45, 7) is 1.17. The van der Waals surface area contributed by atoms with Gasteiger partial charge in [0.2, 0.25) is 5.82 Å². The molecule has 0 aliphatic carbocycles. The molecule has 0 unspecified atom stereocenters. The fourth-order valence-corrected chi connectivity index (χ4v) is 0.711. The van der Waals surface area contributed by atoms with E-state index in [9.17, 15) is 0 Å². The Morgan fingerprint density at radius 1 is 1.67 bits per heavy atom. The molecule has 62 valence electrons. The van der Waals surface area contributed by atoms with Crippen molar-refractivity contribution in [1.82, 2.24) is 9.97 Å². The molecular weight excluding hydrogens is 154 g/mol. The number of nitriles is 1. The Labute approximate surface area is 70.2 Å². The molecule has 0 aromatic carbocycles. The molecule has 0 aliphatic heterocycles. The lowest BCUT2D eigenvalue weighted by molar-refractivity contribution is 0.998. The van der Waals surface area contributed by atoms with Crippen molar-refractivity contribution in [2.75, 3.05) is 18.4 Å². The van der Waals surface area contributed by atoms with Crippen LogP contribution in [0.5, 0.6) is 0 Å². The lowest BCUT2D eigenvalue weighted by Gasteiger charge is -2.01. The Bertz CT molecular complexity index is 290. The second kappa shape index (κ2) is 4.26. The molecule has 0 bridgehead atoms. The van der Waals surface area contributed by atoms with E-state index in [2.05, 4.69) is 15.3 Å². The second-order valence-electron chi connectivity index (χ2n) is 2.09. The predicted molar refractivity (Wildman–Crippen MR) is 44.3 cm³/mol. The summed E-state index contributed by atoms with van der Waals surface area (Å²) in [6, 6.07) is 3.54. The van der Waals surface area contributed by atoms with Crippen molar-refractivity contribution in [2.24, 2.45) is 5.73 Å². The van der Waals surface area contributed by atoms with Crippen LogP contribution in [0.2, 0.25) is 0 Å². The van der Waals surface area contributed by atoms with E-state index in [1.54, 1.807) is 6.07 Å². The number of nitrogens with zero attached hydrogens (tertiary/aromatic N) is 3. The summed E-state index contributed by atoms with van der Waals surface area (Å²) in [6.07, 6.45) is 1.53. The normalized spacial score (nSPS) is 9.00. The molecule has 0 spiro atoms. The first-order valence-corrected chi connectivity index (χ1v) is 3.54. The molecule has 1 aromatic heterocycles. The summed E-state index contributed by atoms with van der Waals surface area (Å²) in [5.41, 5.74) is 5.28. The summed E-state index contributed by atoms with van der Waals surface area (Å²) in [7, 11) is 0. The molecule has 5 heteroatoms. The quantitative estimate of drug-likeness (QED) is 0.639. The van der Waals surface area contributed by atoms with Gasteiger partial charge >= 0.3 is 0 Å². The first-order valence-electron chi connectivity index (χ1n) is 3.54. The number of nitrogens with two attached hydrogens (primary N) is 1. The van der Waals surface area contributed by atoms with Crippen LogP contribution in [0.15, 0.2) is 12.3 Å². The van der Waals surface area contributed by atoms with Crippen molar-refractivity contribution in [3.8, 4) is 6.07 Å². The fraction of sp³-hybridized carbons (Fsp3) is 0.286. The van der Waals surface area contributed by atoms with E-state index in [-0.39, 0.29) is 5.82 Å². The molecule has 0 amide bonds. The number of rotatable bonds is 3. The van der Waals surface area contributed by atoms with Crippen LogP contribution in [0.1, 0.15) is 5.82 Å². The van der Waals surface area contributed by atoms with E-state index in [4.69, 9.17) is 11.0 Å². The third-order valence-electron chi connectivity index (χ3n) is 1.21. The van der Waals surface area contributed by atoms with Crippen molar-refractivity contribution in [2.45, 2.75) is 0 Å². The average molecular weight is 163 g/mol. The summed E-state index contributed by atoms with van der Waals surface area (Å²) < 4.78 is 0. The molecule has 0 radical (unpaired) electrons. The van der Waals surface area contributed by atoms with Gasteiger partial charge in [-0.15, -0.1) is 0 Å². The average Bonchev–Trinajstić information content (AvgIpc) is 2.15. The van der Waals surface area contributed by atoms with Crippen molar-refractivity contribution < 1.29 is 0 Å². The molecule has 5 nitrogen and oxygen atoms in total. The van der Waals surface area contributed by atoms with E-state index in [0.717, 1.165) is 0 Å². The highest BCUT2D eigenvalue weighted by molar-refractivity contribution is 5.34. The van der Waals surface area contributed by atoms with Crippen LogP contribution in [-0.2, 0) is 0 Å². The van der Waals surface area contributed by atoms with Gasteiger partial charge in [-0.2, -0.15) is 5.26 Å². The molecule has 0 fully saturated rings. The van der Waals surface area contributed by atoms with Gasteiger partial charge in [-0.25, -0.2) is 9.97 Å². The smallest absolute Gasteiger partial charge is 0.234 e. The topological polar surface area (TPSA) is 87.6 Å². The molecule has 0 saturated carbocycles. The van der Waals surface area contributed by atoms with Gasteiger partial charge in [-0.1, -0.05) is 0 Å². The van der Waals surface area contributed by atoms with E-state index < -0.39 is 0 Å². The molecule has 12 heavy (non-hydrogen) atoms. The highest BCUT2D eigenvalue weighted by Crippen LogP contribution is 1.99. The fourth-order valence-electron chi connectivity index (χ4n) is 0.711. The number of aromatic nitrogens is 2. The maximum atomic E-state index is 8.46. The van der Waals surface area contributed by atoms with Crippen LogP contribution in [-0.4, -0.2) is 23.1 Å². The van der Waals surface area contributed by atoms with Crippen LogP contribution in [0.25, 0.3) is 0 Å². The number of anilines is 1. The second-order valence-corrected chi connectivity index (χ2v) is 2.09. The van der Waals surface area contributed by atoms with Crippen LogP contribution >= 0.6 is 0 Å². The minimum Gasteiger partial charge on any atom is -0.369 e. The molecule has 1 heterocycles. The maximum Gasteiger partial charge on any atom is 0.234 e. The third kappa shape index (κ3) is 2.18. The lowest BCUT2D eigenvalue weighted by Crippen LogP contribution is -2.14. The van der Waals surface area contributed by atoms with Crippen molar-refractivity contribution >= 4 is 5.82 Å². The van der Waals surface area contributed by atoms with Gasteiger partial charge in [0.05, 0.1) is 0 Å². The first-order chi connectivity index (χ1) is 5.86. The molecular formula is C7H9N5. The van der Waals surface area contributed by atoms with E-state index in [0.29, 0.717) is 18.9 Å². The minimum atomic E-state index is 0.164. The van der Waals surface area contributed by atoms with Crippen LogP contribution < -0.4 is 11.1 Å². The SMILES string of the molecule is N#Cc1nccc(NCCN)n1. The monoisotopic (exact) mass is 163 g/mol. The lowest BCUT2D eigenvalue weighted by atomic mass is 10.5. The Kier molecular flexibility index (Phi) is 2.99. The Morgan fingerprint density at radius 2 is 2.50 bits per heavy atom. The first kappa shape index (κ1) is 8.43. The third-order valence-corrected chi connectivity index (χ3v) is 1.21. The molecule has 1 rings (SSSR count). The highest BCUT2D eigenvalue weighted by Gasteiger charge is 1.95. The van der Waals surface area contributed by atoms with Crippen LogP contribution in [0.3, 0.4) is 0 Å². The number of hydrogen-bond acceptors (Lipinski definition) is 5. The van der Waals surface area contributed by atoms with Crippen LogP contribution in [0.4, 0.5) is 5.82 Å². The van der Waals surface area contributed by atoms with Crippen molar-refractivity contribution in [1.29, 1.82) is 5.26 Å². The van der Waals surface area contributed by atoms with E-state index in [1.807, 2.05) is 6.07 Å². The molecule has 1 aromatic rings.